The lowest BCUT2D eigenvalue weighted by atomic mass is 10.1. The standard InChI is InChI=1S/C25H24FN3OS2/c1-4-23-28-24(18-10-12-20(26)13-11-18)25(31-23)19-14-15-27-22(16-19)29-32(30,17(2)3)21-8-6-5-7-9-21/h5-16H,4H2,1-3H3,(H,27,29,30). The number of aromatic nitrogens is 2. The number of nitrogens with zero attached hydrogens (tertiary/aromatic N) is 2. The molecule has 0 aliphatic heterocycles. The summed E-state index contributed by atoms with van der Waals surface area (Å²) in [6.45, 7) is 5.77. The lowest BCUT2D eigenvalue weighted by Crippen LogP contribution is -2.20. The minimum atomic E-state index is -2.65. The largest absolute Gasteiger partial charge is 0.293 e. The Morgan fingerprint density at radius 2 is 1.75 bits per heavy atom. The molecule has 7 heteroatoms. The van der Waals surface area contributed by atoms with Crippen LogP contribution in [0.1, 0.15) is 25.8 Å². The minimum Gasteiger partial charge on any atom is -0.293 e. The number of benzene rings is 2. The molecule has 4 rings (SSSR count). The number of thiazole rings is 1. The average Bonchev–Trinajstić information content (AvgIpc) is 3.25. The van der Waals surface area contributed by atoms with Gasteiger partial charge in [-0.25, -0.2) is 18.6 Å². The smallest absolute Gasteiger partial charge is 0.138 e. The molecule has 0 saturated heterocycles. The van der Waals surface area contributed by atoms with E-state index >= 15 is 0 Å². The Labute approximate surface area is 192 Å². The van der Waals surface area contributed by atoms with Crippen LogP contribution in [-0.4, -0.2) is 19.0 Å². The molecule has 4 nitrogen and oxygen atoms in total. The molecule has 1 atom stereocenters. The molecule has 0 bridgehead atoms. The van der Waals surface area contributed by atoms with E-state index < -0.39 is 9.71 Å². The molecular weight excluding hydrogens is 441 g/mol. The topological polar surface area (TPSA) is 54.9 Å². The highest BCUT2D eigenvalue weighted by Gasteiger charge is 2.17. The van der Waals surface area contributed by atoms with E-state index in [1.165, 1.54) is 12.1 Å². The summed E-state index contributed by atoms with van der Waals surface area (Å²) in [5.41, 5.74) is 2.59. The fourth-order valence-electron chi connectivity index (χ4n) is 3.30. The van der Waals surface area contributed by atoms with Crippen LogP contribution in [-0.2, 0) is 16.1 Å². The molecule has 2 aromatic carbocycles. The zero-order valence-corrected chi connectivity index (χ0v) is 19.8. The Hall–Kier alpha value is -3.03. The van der Waals surface area contributed by atoms with E-state index in [9.17, 15) is 8.60 Å². The monoisotopic (exact) mass is 465 g/mol. The molecule has 2 heterocycles. The van der Waals surface area contributed by atoms with Gasteiger partial charge in [0.25, 0.3) is 0 Å². The molecule has 2 aromatic heterocycles. The Balaban J connectivity index is 1.78. The zero-order chi connectivity index (χ0) is 22.7. The van der Waals surface area contributed by atoms with Gasteiger partial charge in [-0.2, -0.15) is 0 Å². The zero-order valence-electron chi connectivity index (χ0n) is 18.1. The molecule has 0 amide bonds. The Kier molecular flexibility index (Phi) is 6.39. The van der Waals surface area contributed by atoms with Crippen LogP contribution in [0.4, 0.5) is 10.2 Å². The van der Waals surface area contributed by atoms with Crippen molar-refractivity contribution in [2.75, 3.05) is 4.72 Å². The molecule has 1 N–H and O–H groups in total. The number of anilines is 1. The van der Waals surface area contributed by atoms with Crippen molar-refractivity contribution in [3.8, 4) is 21.7 Å². The van der Waals surface area contributed by atoms with Crippen molar-refractivity contribution in [2.45, 2.75) is 32.1 Å². The quantitative estimate of drug-likeness (QED) is 0.333. The van der Waals surface area contributed by atoms with E-state index in [2.05, 4.69) is 16.6 Å². The lowest BCUT2D eigenvalue weighted by Gasteiger charge is -2.16. The van der Waals surface area contributed by atoms with Gasteiger partial charge >= 0.3 is 0 Å². The number of rotatable bonds is 6. The van der Waals surface area contributed by atoms with Crippen LogP contribution >= 0.6 is 11.3 Å². The number of aryl methyl sites for hydroxylation is 1. The Bertz CT molecular complexity index is 1350. The van der Waals surface area contributed by atoms with E-state index in [-0.39, 0.29) is 5.82 Å². The SMILES string of the molecule is CCc1nc(-c2ccc(F)cc2)c(-c2ccnc(NS(=O)(=C(C)C)c3ccccc3)c2)s1. The van der Waals surface area contributed by atoms with Crippen LogP contribution in [0.15, 0.2) is 77.8 Å². The predicted octanol–water partition coefficient (Wildman–Crippen LogP) is 6.46. The molecule has 0 saturated carbocycles. The molecule has 0 spiro atoms. The maximum absolute atomic E-state index is 13.8. The number of pyridine rings is 1. The maximum atomic E-state index is 13.8. The highest BCUT2D eigenvalue weighted by Crippen LogP contribution is 2.38. The third-order valence-electron chi connectivity index (χ3n) is 5.01. The molecule has 0 radical (unpaired) electrons. The van der Waals surface area contributed by atoms with Crippen LogP contribution in [0.3, 0.4) is 0 Å². The molecule has 1 unspecified atom stereocenters. The van der Waals surface area contributed by atoms with Gasteiger partial charge in [0, 0.05) is 16.7 Å². The summed E-state index contributed by atoms with van der Waals surface area (Å²) in [6.07, 6.45) is 2.51. The van der Waals surface area contributed by atoms with Crippen LogP contribution in [0.5, 0.6) is 0 Å². The van der Waals surface area contributed by atoms with Gasteiger partial charge in [-0.15, -0.1) is 11.3 Å². The van der Waals surface area contributed by atoms with Crippen molar-refractivity contribution in [3.05, 3.63) is 83.8 Å². The molecule has 164 valence electrons. The van der Waals surface area contributed by atoms with Crippen molar-refractivity contribution < 1.29 is 8.60 Å². The number of hydrogen-bond donors (Lipinski definition) is 1. The molecule has 32 heavy (non-hydrogen) atoms. The molecule has 4 aromatic rings. The first-order valence-corrected chi connectivity index (χ1v) is 12.7. The van der Waals surface area contributed by atoms with E-state index in [1.54, 1.807) is 29.7 Å². The summed E-state index contributed by atoms with van der Waals surface area (Å²) in [6, 6.07) is 19.5. The first-order chi connectivity index (χ1) is 15.4. The van der Waals surface area contributed by atoms with Crippen molar-refractivity contribution in [1.29, 1.82) is 0 Å². The lowest BCUT2D eigenvalue weighted by molar-refractivity contribution is 0.628. The van der Waals surface area contributed by atoms with Gasteiger partial charge < -0.3 is 0 Å². The molecule has 0 aliphatic carbocycles. The normalized spacial score (nSPS) is 12.9. The van der Waals surface area contributed by atoms with E-state index in [0.717, 1.165) is 38.0 Å². The van der Waals surface area contributed by atoms with Gasteiger partial charge in [-0.1, -0.05) is 25.1 Å². The maximum Gasteiger partial charge on any atom is 0.138 e. The summed E-state index contributed by atoms with van der Waals surface area (Å²) in [5.74, 6) is 0.243. The van der Waals surface area contributed by atoms with Crippen LogP contribution in [0, 0.1) is 5.82 Å². The van der Waals surface area contributed by atoms with Crippen molar-refractivity contribution in [2.24, 2.45) is 0 Å². The van der Waals surface area contributed by atoms with Crippen LogP contribution in [0.2, 0.25) is 0 Å². The third kappa shape index (κ3) is 4.45. The van der Waals surface area contributed by atoms with E-state index in [4.69, 9.17) is 4.98 Å². The fraction of sp³-hybridized carbons (Fsp3) is 0.160. The number of hydrogen-bond acceptors (Lipinski definition) is 4. The van der Waals surface area contributed by atoms with Gasteiger partial charge in [-0.05, 0) is 79.2 Å². The minimum absolute atomic E-state index is 0.279. The predicted molar refractivity (Wildman–Crippen MR) is 133 cm³/mol. The highest BCUT2D eigenvalue weighted by molar-refractivity contribution is 8.03. The summed E-state index contributed by atoms with van der Waals surface area (Å²) >= 11 is 1.60. The van der Waals surface area contributed by atoms with Gasteiger partial charge in [0.2, 0.25) is 0 Å². The van der Waals surface area contributed by atoms with Gasteiger partial charge in [-0.3, -0.25) is 4.72 Å². The summed E-state index contributed by atoms with van der Waals surface area (Å²) < 4.78 is 30.5. The first-order valence-electron chi connectivity index (χ1n) is 10.3. The third-order valence-corrected chi connectivity index (χ3v) is 8.84. The summed E-state index contributed by atoms with van der Waals surface area (Å²) in [7, 11) is -2.65. The fourth-order valence-corrected chi connectivity index (χ4v) is 6.06. The molecule has 0 aliphatic rings. The van der Waals surface area contributed by atoms with Crippen LogP contribution < -0.4 is 4.72 Å². The highest BCUT2D eigenvalue weighted by atomic mass is 32.2. The van der Waals surface area contributed by atoms with Gasteiger partial charge in [0.05, 0.1) is 25.3 Å². The van der Waals surface area contributed by atoms with Gasteiger partial charge in [0.1, 0.15) is 11.6 Å². The molecular formula is C25H24FN3OS2. The second kappa shape index (κ2) is 9.22. The van der Waals surface area contributed by atoms with E-state index in [1.807, 2.05) is 56.3 Å². The van der Waals surface area contributed by atoms with Crippen molar-refractivity contribution in [1.82, 2.24) is 9.97 Å². The van der Waals surface area contributed by atoms with Crippen molar-refractivity contribution >= 4 is 31.7 Å². The Morgan fingerprint density at radius 1 is 1.03 bits per heavy atom. The summed E-state index contributed by atoms with van der Waals surface area (Å²) in [4.78, 5) is 11.7. The summed E-state index contributed by atoms with van der Waals surface area (Å²) in [5, 5.41) is 0.997. The average molecular weight is 466 g/mol. The second-order valence-electron chi connectivity index (χ2n) is 7.46. The second-order valence-corrected chi connectivity index (χ2v) is 11.1. The van der Waals surface area contributed by atoms with Gasteiger partial charge in [0.15, 0.2) is 0 Å². The van der Waals surface area contributed by atoms with Crippen LogP contribution in [0.25, 0.3) is 21.7 Å². The first kappa shape index (κ1) is 22.2. The number of nitrogens with one attached hydrogen (secondary N) is 1. The Morgan fingerprint density at radius 3 is 2.41 bits per heavy atom. The van der Waals surface area contributed by atoms with Crippen molar-refractivity contribution in [3.63, 3.8) is 0 Å². The molecule has 0 fully saturated rings. The van der Waals surface area contributed by atoms with E-state index in [0.29, 0.717) is 10.7 Å². The number of halogens is 1.